The molecule has 1 atom stereocenters. The average Bonchev–Trinajstić information content (AvgIpc) is 2.96. The molecule has 3 rings (SSSR count). The van der Waals surface area contributed by atoms with E-state index in [2.05, 4.69) is 31.1 Å². The first kappa shape index (κ1) is 29.3. The number of hydrogen-bond donors (Lipinski definition) is 4. The topological polar surface area (TPSA) is 125 Å². The molecule has 39 heavy (non-hydrogen) atoms. The molecule has 10 nitrogen and oxygen atoms in total. The van der Waals surface area contributed by atoms with Crippen LogP contribution in [0.2, 0.25) is 0 Å². The van der Waals surface area contributed by atoms with Gasteiger partial charge in [0.1, 0.15) is 6.54 Å². The molecule has 1 heterocycles. The highest BCUT2D eigenvalue weighted by Crippen LogP contribution is 2.17. The van der Waals surface area contributed by atoms with Crippen molar-refractivity contribution in [1.29, 1.82) is 0 Å². The standard InChI is InChI=1S/C29H36N6O4/c1-30-19-28(37)34-35(21-23-11-13-24(14-12-23)26-10-6-7-16-31-26)17-15-25(18-22-8-4-3-5-9-22)33-27(36)20-32-29(38)39-2/h3-14,16,25,30H,15,17-21H2,1-2H3,(H,32,38)(H,33,36)(H,34,37)/t25-/m1/s1. The molecule has 2 aromatic carbocycles. The van der Waals surface area contributed by atoms with Gasteiger partial charge in [0.25, 0.3) is 0 Å². The third-order valence-corrected chi connectivity index (χ3v) is 5.92. The Bertz CT molecular complexity index is 1180. The van der Waals surface area contributed by atoms with Gasteiger partial charge in [-0.2, -0.15) is 0 Å². The van der Waals surface area contributed by atoms with Gasteiger partial charge in [-0.05, 0) is 43.1 Å². The molecule has 0 aliphatic rings. The number of benzene rings is 2. The SMILES string of the molecule is CNCC(=O)NN(CC[C@H](Cc1ccccc1)NC(=O)CNC(=O)OC)Cc1ccc(-c2ccccn2)cc1. The van der Waals surface area contributed by atoms with Gasteiger partial charge in [0.05, 0.1) is 19.3 Å². The molecule has 0 aliphatic heterocycles. The number of nitrogens with zero attached hydrogens (tertiary/aromatic N) is 2. The van der Waals surface area contributed by atoms with Crippen molar-refractivity contribution in [3.8, 4) is 11.3 Å². The van der Waals surface area contributed by atoms with Crippen molar-refractivity contribution in [1.82, 2.24) is 31.4 Å². The van der Waals surface area contributed by atoms with E-state index in [1.165, 1.54) is 7.11 Å². The van der Waals surface area contributed by atoms with Crippen LogP contribution in [0.4, 0.5) is 4.79 Å². The number of hydrazine groups is 1. The van der Waals surface area contributed by atoms with Crippen LogP contribution in [0.3, 0.4) is 0 Å². The van der Waals surface area contributed by atoms with Crippen LogP contribution in [-0.4, -0.2) is 67.7 Å². The van der Waals surface area contributed by atoms with Gasteiger partial charge in [-0.25, -0.2) is 9.80 Å². The first-order chi connectivity index (χ1) is 19.0. The number of ether oxygens (including phenoxy) is 1. The second-order valence-electron chi connectivity index (χ2n) is 8.99. The molecule has 0 fully saturated rings. The summed E-state index contributed by atoms with van der Waals surface area (Å²) in [5.41, 5.74) is 6.96. The number of alkyl carbamates (subject to hydrolysis) is 1. The van der Waals surface area contributed by atoms with Gasteiger partial charge in [0, 0.05) is 30.9 Å². The van der Waals surface area contributed by atoms with Gasteiger partial charge in [-0.3, -0.25) is 20.0 Å². The lowest BCUT2D eigenvalue weighted by Crippen LogP contribution is -2.48. The summed E-state index contributed by atoms with van der Waals surface area (Å²) < 4.78 is 4.54. The zero-order valence-corrected chi connectivity index (χ0v) is 22.4. The summed E-state index contributed by atoms with van der Waals surface area (Å²) in [6.45, 7) is 0.954. The van der Waals surface area contributed by atoms with E-state index in [0.29, 0.717) is 25.9 Å². The van der Waals surface area contributed by atoms with Crippen LogP contribution in [0.15, 0.2) is 79.0 Å². The molecule has 0 spiro atoms. The molecule has 3 aromatic rings. The van der Waals surface area contributed by atoms with Gasteiger partial charge in [0.2, 0.25) is 11.8 Å². The van der Waals surface area contributed by atoms with Crippen molar-refractivity contribution in [2.45, 2.75) is 25.4 Å². The number of amides is 3. The number of nitrogens with one attached hydrogen (secondary N) is 4. The van der Waals surface area contributed by atoms with Gasteiger partial charge < -0.3 is 20.7 Å². The normalized spacial score (nSPS) is 11.5. The molecule has 1 aromatic heterocycles. The maximum atomic E-state index is 12.5. The van der Waals surface area contributed by atoms with Crippen LogP contribution in [0.5, 0.6) is 0 Å². The third kappa shape index (κ3) is 10.5. The van der Waals surface area contributed by atoms with E-state index in [1.54, 1.807) is 13.2 Å². The van der Waals surface area contributed by atoms with Crippen molar-refractivity contribution in [2.24, 2.45) is 0 Å². The Kier molecular flexibility index (Phi) is 11.9. The van der Waals surface area contributed by atoms with Crippen molar-refractivity contribution in [3.63, 3.8) is 0 Å². The second kappa shape index (κ2) is 15.9. The van der Waals surface area contributed by atoms with Crippen molar-refractivity contribution in [3.05, 3.63) is 90.1 Å². The largest absolute Gasteiger partial charge is 0.453 e. The summed E-state index contributed by atoms with van der Waals surface area (Å²) in [6.07, 6.45) is 2.25. The van der Waals surface area contributed by atoms with Crippen LogP contribution in [0.25, 0.3) is 11.3 Å². The molecule has 0 bridgehead atoms. The van der Waals surface area contributed by atoms with Crippen molar-refractivity contribution in [2.75, 3.05) is 33.8 Å². The summed E-state index contributed by atoms with van der Waals surface area (Å²) in [7, 11) is 2.96. The van der Waals surface area contributed by atoms with Gasteiger partial charge in [0.15, 0.2) is 0 Å². The third-order valence-electron chi connectivity index (χ3n) is 5.92. The minimum absolute atomic E-state index is 0.159. The minimum Gasteiger partial charge on any atom is -0.453 e. The Hall–Kier alpha value is -4.28. The predicted molar refractivity (Wildman–Crippen MR) is 149 cm³/mol. The molecule has 0 radical (unpaired) electrons. The molecule has 0 saturated carbocycles. The molecule has 0 unspecified atom stereocenters. The Morgan fingerprint density at radius 3 is 2.31 bits per heavy atom. The maximum Gasteiger partial charge on any atom is 0.407 e. The first-order valence-electron chi connectivity index (χ1n) is 12.8. The summed E-state index contributed by atoms with van der Waals surface area (Å²) in [5.74, 6) is -0.481. The number of hydrogen-bond acceptors (Lipinski definition) is 7. The predicted octanol–water partition coefficient (Wildman–Crippen LogP) is 2.27. The Balaban J connectivity index is 1.68. The molecule has 0 saturated heterocycles. The van der Waals surface area contributed by atoms with Crippen molar-refractivity contribution >= 4 is 17.9 Å². The lowest BCUT2D eigenvalue weighted by atomic mass is 10.0. The summed E-state index contributed by atoms with van der Waals surface area (Å²) in [6, 6.07) is 23.5. The highest BCUT2D eigenvalue weighted by Gasteiger charge is 2.17. The molecular formula is C29H36N6O4. The average molecular weight is 533 g/mol. The fourth-order valence-corrected chi connectivity index (χ4v) is 4.02. The highest BCUT2D eigenvalue weighted by molar-refractivity contribution is 5.82. The van der Waals surface area contributed by atoms with E-state index in [0.717, 1.165) is 22.4 Å². The smallest absolute Gasteiger partial charge is 0.407 e. The second-order valence-corrected chi connectivity index (χ2v) is 8.99. The van der Waals surface area contributed by atoms with Crippen molar-refractivity contribution < 1.29 is 19.1 Å². The molecular weight excluding hydrogens is 496 g/mol. The van der Waals surface area contributed by atoms with Crippen LogP contribution < -0.4 is 21.4 Å². The lowest BCUT2D eigenvalue weighted by Gasteiger charge is -2.27. The van der Waals surface area contributed by atoms with Crippen LogP contribution >= 0.6 is 0 Å². The molecule has 206 valence electrons. The van der Waals surface area contributed by atoms with Crippen LogP contribution in [0, 0.1) is 0 Å². The minimum atomic E-state index is -0.669. The number of methoxy groups -OCH3 is 1. The fraction of sp³-hybridized carbons (Fsp3) is 0.310. The van der Waals surface area contributed by atoms with Gasteiger partial charge in [-0.1, -0.05) is 60.7 Å². The number of aromatic nitrogens is 1. The van der Waals surface area contributed by atoms with Gasteiger partial charge >= 0.3 is 6.09 Å². The number of pyridine rings is 1. The van der Waals surface area contributed by atoms with E-state index >= 15 is 0 Å². The monoisotopic (exact) mass is 532 g/mol. The number of carbonyl (C=O) groups is 3. The van der Waals surface area contributed by atoms with Crippen LogP contribution in [-0.2, 0) is 27.3 Å². The van der Waals surface area contributed by atoms with E-state index in [-0.39, 0.29) is 30.9 Å². The molecule has 3 amide bonds. The number of likely N-dealkylation sites (N-methyl/N-ethyl adjacent to an activating group) is 1. The maximum absolute atomic E-state index is 12.5. The Morgan fingerprint density at radius 2 is 1.64 bits per heavy atom. The zero-order valence-electron chi connectivity index (χ0n) is 22.4. The summed E-state index contributed by atoms with van der Waals surface area (Å²) in [5, 5.41) is 10.1. The van der Waals surface area contributed by atoms with E-state index < -0.39 is 6.09 Å². The summed E-state index contributed by atoms with van der Waals surface area (Å²) >= 11 is 0. The van der Waals surface area contributed by atoms with E-state index in [4.69, 9.17) is 0 Å². The van der Waals surface area contributed by atoms with Crippen LogP contribution in [0.1, 0.15) is 17.5 Å². The molecule has 0 aliphatic carbocycles. The number of carbonyl (C=O) groups excluding carboxylic acids is 3. The molecule has 10 heteroatoms. The fourth-order valence-electron chi connectivity index (χ4n) is 4.02. The summed E-state index contributed by atoms with van der Waals surface area (Å²) in [4.78, 5) is 40.7. The molecule has 4 N–H and O–H groups in total. The Morgan fingerprint density at radius 1 is 0.897 bits per heavy atom. The quantitative estimate of drug-likeness (QED) is 0.235. The van der Waals surface area contributed by atoms with E-state index in [1.807, 2.05) is 77.8 Å². The lowest BCUT2D eigenvalue weighted by molar-refractivity contribution is -0.125. The Labute approximate surface area is 229 Å². The van der Waals surface area contributed by atoms with Gasteiger partial charge in [-0.15, -0.1) is 0 Å². The first-order valence-corrected chi connectivity index (χ1v) is 12.8. The zero-order chi connectivity index (χ0) is 27.9. The highest BCUT2D eigenvalue weighted by atomic mass is 16.5. The number of rotatable bonds is 14. The van der Waals surface area contributed by atoms with E-state index in [9.17, 15) is 14.4 Å².